The lowest BCUT2D eigenvalue weighted by Gasteiger charge is -2.36. The van der Waals surface area contributed by atoms with Gasteiger partial charge in [0, 0.05) is 24.8 Å². The second-order valence-electron chi connectivity index (χ2n) is 9.68. The Kier molecular flexibility index (Phi) is 7.65. The zero-order chi connectivity index (χ0) is 23.4. The average molecular weight is 456 g/mol. The number of carbonyl (C=O) groups excluding carboxylic acids is 3. The molecule has 0 spiro atoms. The number of fused-ring (bicyclic) bond motifs is 1. The first-order valence-electron chi connectivity index (χ1n) is 12.4. The van der Waals surface area contributed by atoms with Crippen molar-refractivity contribution in [2.45, 2.75) is 69.6 Å². The Morgan fingerprint density at radius 3 is 2.48 bits per heavy atom. The molecule has 2 saturated heterocycles. The predicted molar refractivity (Wildman–Crippen MR) is 127 cm³/mol. The van der Waals surface area contributed by atoms with Gasteiger partial charge in [-0.05, 0) is 51.3 Å². The number of hydrogen-bond acceptors (Lipinski definition) is 5. The van der Waals surface area contributed by atoms with Crippen molar-refractivity contribution in [2.75, 3.05) is 25.5 Å². The standard InChI is InChI=1S/C25H37N5O3/c1-16(26-2)23(31)29-21(17-9-5-3-6-10-17)25(33)30-14-13-20-22(30)19(15-27-20)24(32)28-18-11-7-4-8-12-18/h4,7-8,11-12,16-17,19-22,26-27H,3,5-6,9-10,13-15H2,1-2H3,(H,28,32)(H,29,31)/t16-,19+,20-,21+,22-/m1/s1. The van der Waals surface area contributed by atoms with Crippen LogP contribution in [0.3, 0.4) is 0 Å². The summed E-state index contributed by atoms with van der Waals surface area (Å²) < 4.78 is 0. The number of anilines is 1. The highest BCUT2D eigenvalue weighted by molar-refractivity contribution is 5.95. The van der Waals surface area contributed by atoms with E-state index < -0.39 is 6.04 Å². The molecule has 1 saturated carbocycles. The second kappa shape index (κ2) is 10.7. The van der Waals surface area contributed by atoms with Gasteiger partial charge in [0.25, 0.3) is 0 Å². The summed E-state index contributed by atoms with van der Waals surface area (Å²) in [4.78, 5) is 41.6. The average Bonchev–Trinajstić information content (AvgIpc) is 3.45. The van der Waals surface area contributed by atoms with Gasteiger partial charge in [-0.15, -0.1) is 0 Å². The highest BCUT2D eigenvalue weighted by Gasteiger charge is 2.50. The molecule has 3 fully saturated rings. The van der Waals surface area contributed by atoms with Gasteiger partial charge in [-0.3, -0.25) is 14.4 Å². The van der Waals surface area contributed by atoms with Crippen LogP contribution >= 0.6 is 0 Å². The van der Waals surface area contributed by atoms with Crippen LogP contribution in [0.5, 0.6) is 0 Å². The van der Waals surface area contributed by atoms with Crippen LogP contribution in [-0.2, 0) is 14.4 Å². The minimum absolute atomic E-state index is 0.0349. The van der Waals surface area contributed by atoms with E-state index in [4.69, 9.17) is 0 Å². The molecule has 0 radical (unpaired) electrons. The van der Waals surface area contributed by atoms with E-state index in [1.165, 1.54) is 6.42 Å². The van der Waals surface area contributed by atoms with Crippen molar-refractivity contribution in [3.05, 3.63) is 30.3 Å². The van der Waals surface area contributed by atoms with Crippen molar-refractivity contribution in [1.29, 1.82) is 0 Å². The van der Waals surface area contributed by atoms with E-state index in [0.717, 1.165) is 37.8 Å². The summed E-state index contributed by atoms with van der Waals surface area (Å²) in [6.45, 7) is 2.96. The topological polar surface area (TPSA) is 103 Å². The molecule has 2 heterocycles. The van der Waals surface area contributed by atoms with E-state index in [2.05, 4.69) is 21.3 Å². The molecule has 4 N–H and O–H groups in total. The van der Waals surface area contributed by atoms with Gasteiger partial charge in [0.2, 0.25) is 17.7 Å². The second-order valence-corrected chi connectivity index (χ2v) is 9.68. The number of likely N-dealkylation sites (tertiary alicyclic amines) is 1. The van der Waals surface area contributed by atoms with Crippen LogP contribution < -0.4 is 21.3 Å². The third kappa shape index (κ3) is 5.22. The molecule has 33 heavy (non-hydrogen) atoms. The molecule has 0 unspecified atom stereocenters. The van der Waals surface area contributed by atoms with Crippen LogP contribution in [0.4, 0.5) is 5.69 Å². The highest BCUT2D eigenvalue weighted by Crippen LogP contribution is 2.34. The normalized spacial score (nSPS) is 27.0. The molecule has 1 aromatic rings. The van der Waals surface area contributed by atoms with E-state index in [1.54, 1.807) is 14.0 Å². The lowest BCUT2D eigenvalue weighted by Crippen LogP contribution is -2.58. The maximum Gasteiger partial charge on any atom is 0.245 e. The van der Waals surface area contributed by atoms with Gasteiger partial charge in [-0.1, -0.05) is 37.5 Å². The summed E-state index contributed by atoms with van der Waals surface area (Å²) in [7, 11) is 1.74. The van der Waals surface area contributed by atoms with Crippen LogP contribution in [0.1, 0.15) is 45.4 Å². The molecular formula is C25H37N5O3. The molecule has 8 nitrogen and oxygen atoms in total. The van der Waals surface area contributed by atoms with Crippen molar-refractivity contribution >= 4 is 23.4 Å². The fraction of sp³-hybridized carbons (Fsp3) is 0.640. The van der Waals surface area contributed by atoms with E-state index in [1.807, 2.05) is 35.2 Å². The van der Waals surface area contributed by atoms with Gasteiger partial charge < -0.3 is 26.2 Å². The molecule has 3 amide bonds. The van der Waals surface area contributed by atoms with E-state index in [-0.39, 0.29) is 47.7 Å². The van der Waals surface area contributed by atoms with Gasteiger partial charge in [0.15, 0.2) is 0 Å². The predicted octanol–water partition coefficient (Wildman–Crippen LogP) is 1.49. The largest absolute Gasteiger partial charge is 0.343 e. The number of hydrogen-bond donors (Lipinski definition) is 4. The fourth-order valence-electron chi connectivity index (χ4n) is 5.63. The van der Waals surface area contributed by atoms with Crippen LogP contribution in [-0.4, -0.2) is 66.9 Å². The Balaban J connectivity index is 1.51. The number of rotatable bonds is 7. The summed E-state index contributed by atoms with van der Waals surface area (Å²) in [6, 6.07) is 8.44. The number of amides is 3. The van der Waals surface area contributed by atoms with Crippen molar-refractivity contribution in [3.8, 4) is 0 Å². The van der Waals surface area contributed by atoms with Crippen LogP contribution in [0, 0.1) is 11.8 Å². The quantitative estimate of drug-likeness (QED) is 0.499. The Labute approximate surface area is 196 Å². The zero-order valence-corrected chi connectivity index (χ0v) is 19.7. The SMILES string of the molecule is CN[C@H](C)C(=O)N[C@H](C(=O)N1CC[C@H]2NC[C@H](C(=O)Nc3ccccc3)[C@H]21)C1CCCCC1. The van der Waals surface area contributed by atoms with Gasteiger partial charge in [0.1, 0.15) is 6.04 Å². The molecule has 5 atom stereocenters. The van der Waals surface area contributed by atoms with Crippen molar-refractivity contribution in [1.82, 2.24) is 20.9 Å². The Hall–Kier alpha value is -2.45. The van der Waals surface area contributed by atoms with Gasteiger partial charge in [-0.25, -0.2) is 0 Å². The van der Waals surface area contributed by atoms with E-state index >= 15 is 0 Å². The van der Waals surface area contributed by atoms with Crippen molar-refractivity contribution in [3.63, 3.8) is 0 Å². The van der Waals surface area contributed by atoms with E-state index in [9.17, 15) is 14.4 Å². The summed E-state index contributed by atoms with van der Waals surface area (Å²) in [5, 5.41) is 12.5. The smallest absolute Gasteiger partial charge is 0.245 e. The number of nitrogens with one attached hydrogen (secondary N) is 4. The molecule has 2 aliphatic heterocycles. The van der Waals surface area contributed by atoms with Crippen LogP contribution in [0.2, 0.25) is 0 Å². The summed E-state index contributed by atoms with van der Waals surface area (Å²) in [6.07, 6.45) is 6.07. The number of likely N-dealkylation sites (N-methyl/N-ethyl adjacent to an activating group) is 1. The molecule has 4 rings (SSSR count). The van der Waals surface area contributed by atoms with Crippen molar-refractivity contribution < 1.29 is 14.4 Å². The first-order chi connectivity index (χ1) is 16.0. The first kappa shape index (κ1) is 23.7. The fourth-order valence-corrected chi connectivity index (χ4v) is 5.63. The minimum atomic E-state index is -0.536. The number of para-hydroxylation sites is 1. The first-order valence-corrected chi connectivity index (χ1v) is 12.4. The Morgan fingerprint density at radius 1 is 1.06 bits per heavy atom. The van der Waals surface area contributed by atoms with Gasteiger partial charge in [0.05, 0.1) is 18.0 Å². The summed E-state index contributed by atoms with van der Waals surface area (Å²) >= 11 is 0. The molecule has 180 valence electrons. The Morgan fingerprint density at radius 2 is 1.79 bits per heavy atom. The minimum Gasteiger partial charge on any atom is -0.343 e. The molecular weight excluding hydrogens is 418 g/mol. The lowest BCUT2D eigenvalue weighted by molar-refractivity contribution is -0.140. The monoisotopic (exact) mass is 455 g/mol. The molecule has 8 heteroatoms. The third-order valence-corrected chi connectivity index (χ3v) is 7.64. The number of carbonyl (C=O) groups is 3. The maximum atomic E-state index is 13.9. The van der Waals surface area contributed by atoms with Crippen LogP contribution in [0.15, 0.2) is 30.3 Å². The molecule has 0 aromatic heterocycles. The summed E-state index contributed by atoms with van der Waals surface area (Å²) in [5.41, 5.74) is 0.759. The maximum absolute atomic E-state index is 13.9. The molecule has 1 aliphatic carbocycles. The third-order valence-electron chi connectivity index (χ3n) is 7.64. The van der Waals surface area contributed by atoms with Crippen molar-refractivity contribution in [2.24, 2.45) is 11.8 Å². The number of benzene rings is 1. The van der Waals surface area contributed by atoms with Gasteiger partial charge in [-0.2, -0.15) is 0 Å². The Bertz CT molecular complexity index is 842. The van der Waals surface area contributed by atoms with Gasteiger partial charge >= 0.3 is 0 Å². The zero-order valence-electron chi connectivity index (χ0n) is 19.7. The molecule has 1 aromatic carbocycles. The lowest BCUT2D eigenvalue weighted by atomic mass is 9.83. The molecule has 3 aliphatic rings. The molecule has 0 bridgehead atoms. The van der Waals surface area contributed by atoms with Crippen LogP contribution in [0.25, 0.3) is 0 Å². The number of nitrogens with zero attached hydrogens (tertiary/aromatic N) is 1. The summed E-state index contributed by atoms with van der Waals surface area (Å²) in [5.74, 6) is -0.430. The van der Waals surface area contributed by atoms with E-state index in [0.29, 0.717) is 13.1 Å². The highest BCUT2D eigenvalue weighted by atomic mass is 16.2.